The Bertz CT molecular complexity index is 478. The molecule has 78 valence electrons. The van der Waals surface area contributed by atoms with E-state index in [-0.39, 0.29) is 5.78 Å². The molecule has 0 bridgehead atoms. The highest BCUT2D eigenvalue weighted by Gasteiger charge is 2.11. The second-order valence-electron chi connectivity index (χ2n) is 3.32. The summed E-state index contributed by atoms with van der Waals surface area (Å²) < 4.78 is 0. The molecule has 15 heavy (non-hydrogen) atoms. The van der Waals surface area contributed by atoms with Crippen molar-refractivity contribution in [3.63, 3.8) is 0 Å². The molecule has 0 saturated heterocycles. The molecule has 0 fully saturated rings. The number of hydrogen-bond donors (Lipinski definition) is 1. The van der Waals surface area contributed by atoms with Gasteiger partial charge in [0.2, 0.25) is 0 Å². The average Bonchev–Trinajstić information content (AvgIpc) is 2.69. The number of nitrogens with zero attached hydrogens (tertiary/aromatic N) is 1. The van der Waals surface area contributed by atoms with Crippen molar-refractivity contribution in [2.45, 2.75) is 12.8 Å². The normalized spacial score (nSPS) is 10.7. The molecular weight excluding hydrogens is 256 g/mol. The number of alkyl halides is 1. The highest BCUT2D eigenvalue weighted by Crippen LogP contribution is 2.17. The minimum atomic E-state index is 0.175. The second-order valence-corrected chi connectivity index (χ2v) is 4.11. The van der Waals surface area contributed by atoms with Gasteiger partial charge in [-0.05, 0) is 18.6 Å². The molecule has 1 N–H and O–H groups in total. The predicted molar refractivity (Wildman–Crippen MR) is 63.5 cm³/mol. The van der Waals surface area contributed by atoms with Crippen molar-refractivity contribution in [1.82, 2.24) is 9.97 Å². The third kappa shape index (κ3) is 2.09. The van der Waals surface area contributed by atoms with Crippen LogP contribution in [0.1, 0.15) is 23.2 Å². The van der Waals surface area contributed by atoms with Gasteiger partial charge in [-0.3, -0.25) is 4.79 Å². The quantitative estimate of drug-likeness (QED) is 0.683. The van der Waals surface area contributed by atoms with Gasteiger partial charge in [0.1, 0.15) is 5.65 Å². The first kappa shape index (κ1) is 10.4. The molecule has 0 saturated carbocycles. The van der Waals surface area contributed by atoms with E-state index in [1.54, 1.807) is 12.4 Å². The highest BCUT2D eigenvalue weighted by molar-refractivity contribution is 9.09. The maximum absolute atomic E-state index is 11.8. The molecule has 2 aromatic rings. The summed E-state index contributed by atoms with van der Waals surface area (Å²) in [5.41, 5.74) is 1.53. The van der Waals surface area contributed by atoms with Crippen molar-refractivity contribution in [3.05, 3.63) is 30.1 Å². The van der Waals surface area contributed by atoms with Crippen molar-refractivity contribution < 1.29 is 4.79 Å². The van der Waals surface area contributed by atoms with Crippen LogP contribution in [-0.4, -0.2) is 21.1 Å². The second kappa shape index (κ2) is 4.57. The molecule has 3 nitrogen and oxygen atoms in total. The first-order chi connectivity index (χ1) is 7.33. The number of carbonyl (C=O) groups excluding carboxylic acids is 1. The van der Waals surface area contributed by atoms with Gasteiger partial charge in [-0.1, -0.05) is 15.9 Å². The Morgan fingerprint density at radius 3 is 3.20 bits per heavy atom. The van der Waals surface area contributed by atoms with Gasteiger partial charge in [0.05, 0.1) is 0 Å². The number of aromatic amines is 1. The molecule has 2 aromatic heterocycles. The van der Waals surface area contributed by atoms with Crippen LogP contribution in [0.2, 0.25) is 0 Å². The predicted octanol–water partition coefficient (Wildman–Crippen LogP) is 2.92. The standard InChI is InChI=1S/C11H11BrN2O/c12-5-1-4-10(15)9-7-14-11-8(9)3-2-6-13-11/h2-3,6-7H,1,4-5H2,(H,13,14). The van der Waals surface area contributed by atoms with Gasteiger partial charge in [0.25, 0.3) is 0 Å². The Morgan fingerprint density at radius 1 is 1.53 bits per heavy atom. The van der Waals surface area contributed by atoms with Crippen molar-refractivity contribution >= 4 is 32.7 Å². The lowest BCUT2D eigenvalue weighted by Gasteiger charge is -1.96. The van der Waals surface area contributed by atoms with E-state index in [4.69, 9.17) is 0 Å². The number of Topliss-reactive ketones (excluding diaryl/α,β-unsaturated/α-hetero) is 1. The molecule has 0 radical (unpaired) electrons. The van der Waals surface area contributed by atoms with Gasteiger partial charge in [0.15, 0.2) is 5.78 Å². The maximum atomic E-state index is 11.8. The summed E-state index contributed by atoms with van der Waals surface area (Å²) in [6, 6.07) is 3.76. The third-order valence-electron chi connectivity index (χ3n) is 2.29. The van der Waals surface area contributed by atoms with Crippen LogP contribution in [0, 0.1) is 0 Å². The Labute approximate surface area is 96.0 Å². The molecule has 4 heteroatoms. The molecule has 0 aliphatic rings. The van der Waals surface area contributed by atoms with E-state index in [0.29, 0.717) is 6.42 Å². The van der Waals surface area contributed by atoms with Crippen LogP contribution in [0.15, 0.2) is 24.5 Å². The molecular formula is C11H11BrN2O. The monoisotopic (exact) mass is 266 g/mol. The van der Waals surface area contributed by atoms with E-state index in [9.17, 15) is 4.79 Å². The number of carbonyl (C=O) groups is 1. The zero-order valence-corrected chi connectivity index (χ0v) is 9.75. The van der Waals surface area contributed by atoms with Gasteiger partial charge in [-0.2, -0.15) is 0 Å². The number of halogens is 1. The van der Waals surface area contributed by atoms with Gasteiger partial charge in [-0.25, -0.2) is 4.98 Å². The SMILES string of the molecule is O=C(CCCBr)c1c[nH]c2ncccc12. The Kier molecular flexibility index (Phi) is 3.16. The fourth-order valence-corrected chi connectivity index (χ4v) is 1.83. The van der Waals surface area contributed by atoms with E-state index >= 15 is 0 Å². The molecule has 0 aliphatic heterocycles. The van der Waals surface area contributed by atoms with Gasteiger partial charge < -0.3 is 4.98 Å². The lowest BCUT2D eigenvalue weighted by molar-refractivity contribution is 0.0984. The summed E-state index contributed by atoms with van der Waals surface area (Å²) in [4.78, 5) is 19.0. The molecule has 0 unspecified atom stereocenters. The summed E-state index contributed by atoms with van der Waals surface area (Å²) in [5.74, 6) is 0.175. The van der Waals surface area contributed by atoms with E-state index in [1.807, 2.05) is 12.1 Å². The minimum Gasteiger partial charge on any atom is -0.345 e. The van der Waals surface area contributed by atoms with E-state index < -0.39 is 0 Å². The number of aromatic nitrogens is 2. The van der Waals surface area contributed by atoms with Crippen LogP contribution in [0.3, 0.4) is 0 Å². The third-order valence-corrected chi connectivity index (χ3v) is 2.85. The van der Waals surface area contributed by atoms with Crippen molar-refractivity contribution in [2.24, 2.45) is 0 Å². The number of pyridine rings is 1. The zero-order chi connectivity index (χ0) is 10.7. The number of H-pyrrole nitrogens is 1. The lowest BCUT2D eigenvalue weighted by atomic mass is 10.1. The van der Waals surface area contributed by atoms with E-state index in [2.05, 4.69) is 25.9 Å². The largest absolute Gasteiger partial charge is 0.345 e. The first-order valence-electron chi connectivity index (χ1n) is 4.84. The van der Waals surface area contributed by atoms with E-state index in [0.717, 1.165) is 28.3 Å². The molecule has 0 atom stereocenters. The molecule has 0 aromatic carbocycles. The topological polar surface area (TPSA) is 45.8 Å². The van der Waals surface area contributed by atoms with Gasteiger partial charge in [-0.15, -0.1) is 0 Å². The van der Waals surface area contributed by atoms with Crippen molar-refractivity contribution in [3.8, 4) is 0 Å². The molecule has 2 rings (SSSR count). The fraction of sp³-hybridized carbons (Fsp3) is 0.273. The van der Waals surface area contributed by atoms with Gasteiger partial charge >= 0.3 is 0 Å². The lowest BCUT2D eigenvalue weighted by Crippen LogP contribution is -1.97. The molecule has 0 aliphatic carbocycles. The molecule has 0 amide bonds. The Morgan fingerprint density at radius 2 is 2.40 bits per heavy atom. The molecule has 2 heterocycles. The van der Waals surface area contributed by atoms with Crippen molar-refractivity contribution in [1.29, 1.82) is 0 Å². The first-order valence-corrected chi connectivity index (χ1v) is 5.96. The van der Waals surface area contributed by atoms with Gasteiger partial charge in [0, 0.05) is 35.1 Å². The number of nitrogens with one attached hydrogen (secondary N) is 1. The maximum Gasteiger partial charge on any atom is 0.165 e. The van der Waals surface area contributed by atoms with Crippen LogP contribution in [0.5, 0.6) is 0 Å². The van der Waals surface area contributed by atoms with Crippen LogP contribution < -0.4 is 0 Å². The summed E-state index contributed by atoms with van der Waals surface area (Å²) in [6.07, 6.45) is 4.90. The summed E-state index contributed by atoms with van der Waals surface area (Å²) >= 11 is 3.32. The van der Waals surface area contributed by atoms with Crippen molar-refractivity contribution in [2.75, 3.05) is 5.33 Å². The Hall–Kier alpha value is -1.16. The summed E-state index contributed by atoms with van der Waals surface area (Å²) in [7, 11) is 0. The number of rotatable bonds is 4. The van der Waals surface area contributed by atoms with Crippen LogP contribution in [0.25, 0.3) is 11.0 Å². The molecule has 0 spiro atoms. The number of fused-ring (bicyclic) bond motifs is 1. The van der Waals surface area contributed by atoms with E-state index in [1.165, 1.54) is 0 Å². The highest BCUT2D eigenvalue weighted by atomic mass is 79.9. The fourth-order valence-electron chi connectivity index (χ4n) is 1.55. The zero-order valence-electron chi connectivity index (χ0n) is 8.16. The van der Waals surface area contributed by atoms with Crippen LogP contribution >= 0.6 is 15.9 Å². The summed E-state index contributed by atoms with van der Waals surface area (Å²) in [6.45, 7) is 0. The number of ketones is 1. The van der Waals surface area contributed by atoms with Crippen LogP contribution in [-0.2, 0) is 0 Å². The minimum absolute atomic E-state index is 0.175. The smallest absolute Gasteiger partial charge is 0.165 e. The number of hydrogen-bond acceptors (Lipinski definition) is 2. The average molecular weight is 267 g/mol. The van der Waals surface area contributed by atoms with Crippen LogP contribution in [0.4, 0.5) is 0 Å². The summed E-state index contributed by atoms with van der Waals surface area (Å²) in [5, 5.41) is 1.77. The Balaban J connectivity index is 2.31.